The molecule has 2 N–H and O–H groups in total. The molecule has 3 aliphatic rings. The number of aromatic nitrogens is 1. The average molecular weight is 424 g/mol. The first kappa shape index (κ1) is 20.5. The predicted molar refractivity (Wildman–Crippen MR) is 122 cm³/mol. The van der Waals surface area contributed by atoms with E-state index in [1.165, 1.54) is 56.5 Å². The Kier molecular flexibility index (Phi) is 5.71. The van der Waals surface area contributed by atoms with Gasteiger partial charge in [0.1, 0.15) is 0 Å². The van der Waals surface area contributed by atoms with E-state index in [2.05, 4.69) is 39.2 Å². The Bertz CT molecular complexity index is 970. The van der Waals surface area contributed by atoms with Gasteiger partial charge in [-0.2, -0.15) is 0 Å². The predicted octanol–water partition coefficient (Wildman–Crippen LogP) is 3.03. The largest absolute Gasteiger partial charge is 0.342 e. The Labute approximate surface area is 183 Å². The summed E-state index contributed by atoms with van der Waals surface area (Å²) in [4.78, 5) is 28.3. The van der Waals surface area contributed by atoms with Crippen molar-refractivity contribution >= 4 is 28.5 Å². The lowest BCUT2D eigenvalue weighted by Gasteiger charge is -2.36. The number of carbonyl (C=O) groups excluding carboxylic acids is 2. The molecule has 0 bridgehead atoms. The van der Waals surface area contributed by atoms with Crippen LogP contribution in [0.25, 0.3) is 10.9 Å². The average Bonchev–Trinajstić information content (AvgIpc) is 3.11. The fraction of sp³-hybridized carbons (Fsp3) is 0.583. The first-order valence-corrected chi connectivity index (χ1v) is 11.7. The molecule has 5 rings (SSSR count). The van der Waals surface area contributed by atoms with Crippen molar-refractivity contribution in [3.8, 4) is 0 Å². The number of fused-ring (bicyclic) bond motifs is 1. The third-order valence-electron chi connectivity index (χ3n) is 7.29. The highest BCUT2D eigenvalue weighted by Gasteiger charge is 2.28. The van der Waals surface area contributed by atoms with Crippen molar-refractivity contribution in [3.63, 3.8) is 0 Å². The summed E-state index contributed by atoms with van der Waals surface area (Å²) in [5.41, 5.74) is 3.33. The number of imide groups is 1. The maximum Gasteiger partial charge on any atom is 0.328 e. The van der Waals surface area contributed by atoms with Crippen LogP contribution in [-0.4, -0.2) is 60.7 Å². The van der Waals surface area contributed by atoms with E-state index >= 15 is 0 Å². The van der Waals surface area contributed by atoms with Crippen LogP contribution in [0, 0.1) is 12.8 Å². The molecule has 3 fully saturated rings. The number of likely N-dealkylation sites (tertiary alicyclic amines) is 1. The van der Waals surface area contributed by atoms with Crippen molar-refractivity contribution in [3.05, 3.63) is 30.0 Å². The lowest BCUT2D eigenvalue weighted by atomic mass is 9.95. The Morgan fingerprint density at radius 3 is 2.55 bits per heavy atom. The van der Waals surface area contributed by atoms with Gasteiger partial charge < -0.3 is 14.8 Å². The van der Waals surface area contributed by atoms with Crippen molar-refractivity contribution in [2.24, 2.45) is 5.92 Å². The third-order valence-corrected chi connectivity index (χ3v) is 7.29. The minimum atomic E-state index is -0.319. The summed E-state index contributed by atoms with van der Waals surface area (Å²) in [7, 11) is 0. The SMILES string of the molecule is Cc1cc2c(N3CCC(=O)NC3=O)cccc2n1C1CCN(CC2CCNCC2)CC1. The van der Waals surface area contributed by atoms with Crippen LogP contribution >= 0.6 is 0 Å². The monoisotopic (exact) mass is 423 g/mol. The molecular weight excluding hydrogens is 390 g/mol. The lowest BCUT2D eigenvalue weighted by molar-refractivity contribution is -0.120. The molecular formula is C24H33N5O2. The van der Waals surface area contributed by atoms with Crippen LogP contribution in [-0.2, 0) is 4.79 Å². The summed E-state index contributed by atoms with van der Waals surface area (Å²) < 4.78 is 2.48. The van der Waals surface area contributed by atoms with E-state index in [-0.39, 0.29) is 11.9 Å². The number of carbonyl (C=O) groups is 2. The van der Waals surface area contributed by atoms with Crippen molar-refractivity contribution in [2.75, 3.05) is 44.2 Å². The van der Waals surface area contributed by atoms with Gasteiger partial charge in [-0.05, 0) is 69.8 Å². The summed E-state index contributed by atoms with van der Waals surface area (Å²) in [5.74, 6) is 0.649. The van der Waals surface area contributed by atoms with Gasteiger partial charge in [-0.15, -0.1) is 0 Å². The Morgan fingerprint density at radius 2 is 1.81 bits per heavy atom. The minimum absolute atomic E-state index is 0.196. The van der Waals surface area contributed by atoms with Crippen LogP contribution in [0.5, 0.6) is 0 Å². The maximum absolute atomic E-state index is 12.4. The molecule has 166 valence electrons. The highest BCUT2D eigenvalue weighted by Crippen LogP contribution is 2.35. The second kappa shape index (κ2) is 8.63. The molecule has 3 amide bonds. The Balaban J connectivity index is 1.33. The van der Waals surface area contributed by atoms with Gasteiger partial charge in [0.15, 0.2) is 0 Å². The molecule has 4 heterocycles. The smallest absolute Gasteiger partial charge is 0.328 e. The number of amides is 3. The first-order valence-electron chi connectivity index (χ1n) is 11.7. The molecule has 2 aromatic rings. The second-order valence-electron chi connectivity index (χ2n) is 9.35. The molecule has 3 saturated heterocycles. The van der Waals surface area contributed by atoms with Crippen molar-refractivity contribution in [1.29, 1.82) is 0 Å². The first-order chi connectivity index (χ1) is 15.1. The summed E-state index contributed by atoms with van der Waals surface area (Å²) >= 11 is 0. The fourth-order valence-electron chi connectivity index (χ4n) is 5.67. The van der Waals surface area contributed by atoms with E-state index in [1.54, 1.807) is 4.90 Å². The van der Waals surface area contributed by atoms with Gasteiger partial charge in [0.2, 0.25) is 5.91 Å². The van der Waals surface area contributed by atoms with Gasteiger partial charge in [-0.25, -0.2) is 4.79 Å². The van der Waals surface area contributed by atoms with Crippen molar-refractivity contribution < 1.29 is 9.59 Å². The number of hydrogen-bond acceptors (Lipinski definition) is 4. The van der Waals surface area contributed by atoms with Crippen LogP contribution in [0.15, 0.2) is 24.3 Å². The van der Waals surface area contributed by atoms with E-state index in [1.807, 2.05) is 12.1 Å². The number of rotatable bonds is 4. The van der Waals surface area contributed by atoms with Crippen LogP contribution in [0.3, 0.4) is 0 Å². The molecule has 0 atom stereocenters. The number of benzene rings is 1. The molecule has 7 nitrogen and oxygen atoms in total. The second-order valence-corrected chi connectivity index (χ2v) is 9.35. The molecule has 1 aromatic carbocycles. The zero-order chi connectivity index (χ0) is 21.4. The molecule has 1 aromatic heterocycles. The van der Waals surface area contributed by atoms with Gasteiger partial charge in [0.25, 0.3) is 0 Å². The number of piperidine rings is 2. The number of nitrogens with zero attached hydrogens (tertiary/aromatic N) is 3. The van der Waals surface area contributed by atoms with Crippen molar-refractivity contribution in [2.45, 2.75) is 45.1 Å². The van der Waals surface area contributed by atoms with E-state index in [9.17, 15) is 9.59 Å². The van der Waals surface area contributed by atoms with Gasteiger partial charge in [-0.1, -0.05) is 6.07 Å². The van der Waals surface area contributed by atoms with Crippen molar-refractivity contribution in [1.82, 2.24) is 20.1 Å². The quantitative estimate of drug-likeness (QED) is 0.793. The number of nitrogens with one attached hydrogen (secondary N) is 2. The summed E-state index contributed by atoms with van der Waals surface area (Å²) in [5, 5.41) is 7.01. The number of aryl methyl sites for hydroxylation is 1. The Morgan fingerprint density at radius 1 is 1.03 bits per heavy atom. The van der Waals surface area contributed by atoms with E-state index in [4.69, 9.17) is 0 Å². The Hall–Kier alpha value is -2.38. The zero-order valence-corrected chi connectivity index (χ0v) is 18.4. The molecule has 0 aliphatic carbocycles. The lowest BCUT2D eigenvalue weighted by Crippen LogP contribution is -2.49. The number of urea groups is 1. The van der Waals surface area contributed by atoms with E-state index in [0.717, 1.165) is 30.1 Å². The number of hydrogen-bond donors (Lipinski definition) is 2. The normalized spacial score (nSPS) is 22.3. The third kappa shape index (κ3) is 4.08. The standard InChI is InChI=1S/C24H33N5O2/c1-17-15-20-21(28-14-9-23(30)26-24(28)31)3-2-4-22(20)29(17)19-7-12-27(13-8-19)16-18-5-10-25-11-6-18/h2-4,15,18-19,25H,5-14,16H2,1H3,(H,26,30,31). The van der Waals surface area contributed by atoms with Crippen LogP contribution in [0.4, 0.5) is 10.5 Å². The minimum Gasteiger partial charge on any atom is -0.342 e. The molecule has 0 spiro atoms. The van der Waals surface area contributed by atoms with E-state index < -0.39 is 0 Å². The molecule has 3 aliphatic heterocycles. The van der Waals surface area contributed by atoms with E-state index in [0.29, 0.717) is 19.0 Å². The highest BCUT2D eigenvalue weighted by molar-refractivity contribution is 6.09. The van der Waals surface area contributed by atoms with Gasteiger partial charge in [0.05, 0.1) is 11.2 Å². The summed E-state index contributed by atoms with van der Waals surface area (Å²) in [6.07, 6.45) is 5.29. The zero-order valence-electron chi connectivity index (χ0n) is 18.4. The van der Waals surface area contributed by atoms with Gasteiger partial charge in [0, 0.05) is 49.7 Å². The fourth-order valence-corrected chi connectivity index (χ4v) is 5.67. The summed E-state index contributed by atoms with van der Waals surface area (Å²) in [6, 6.07) is 8.57. The molecule has 0 unspecified atom stereocenters. The van der Waals surface area contributed by atoms with Crippen LogP contribution in [0.1, 0.15) is 43.8 Å². The van der Waals surface area contributed by atoms with Crippen LogP contribution < -0.4 is 15.5 Å². The molecule has 31 heavy (non-hydrogen) atoms. The van der Waals surface area contributed by atoms with Crippen LogP contribution in [0.2, 0.25) is 0 Å². The maximum atomic E-state index is 12.4. The number of anilines is 1. The molecule has 0 saturated carbocycles. The molecule has 0 radical (unpaired) electrons. The highest BCUT2D eigenvalue weighted by atomic mass is 16.2. The molecule has 7 heteroatoms. The van der Waals surface area contributed by atoms with Gasteiger partial charge >= 0.3 is 6.03 Å². The topological polar surface area (TPSA) is 69.6 Å². The summed E-state index contributed by atoms with van der Waals surface area (Å²) in [6.45, 7) is 8.50. The van der Waals surface area contributed by atoms with Gasteiger partial charge in [-0.3, -0.25) is 15.0 Å².